The quantitative estimate of drug-likeness (QED) is 0.106. The summed E-state index contributed by atoms with van der Waals surface area (Å²) in [5.41, 5.74) is 19.9. The first-order valence-electron chi connectivity index (χ1n) is 27.4. The molecule has 2 bridgehead atoms. The number of carbonyl (C=O) groups is 2. The number of allylic oxidation sites excluding steroid dienone is 2. The van der Waals surface area contributed by atoms with Gasteiger partial charge in [0.2, 0.25) is 11.8 Å². The number of benzene rings is 3. The molecule has 3 aromatic carbocycles. The summed E-state index contributed by atoms with van der Waals surface area (Å²) >= 11 is 2.11. The number of carbonyl (C=O) groups excluding carboxylic acids is 2. The van der Waals surface area contributed by atoms with Gasteiger partial charge in [0.05, 0.1) is 22.8 Å². The van der Waals surface area contributed by atoms with Crippen molar-refractivity contribution in [1.29, 1.82) is 0 Å². The standard InChI is InChI=1S/C19H18N2.C17H20N2.C7H12N2.C6H9NO2.C6H12S.C4H7N3.C3H7NO/c1-13-11-20-19-16-9-5-6-10-17(16)21(2)12-14-7-3-4-8-15(14)18(13)19;1-10-3-5-12(6-4-10)17-16-14-8-13(7-11(14)2)15(16)9-18-19-17;1-4-7-5-6(2)8-9(7)3;1-4-3-5(8)7(2)6(4)9;1-5-3-6(2)7-4-5;1-4-3-7(2)6-5-4;1-3-4-5-2/h3-11,13H,12H2,1-2H3;3-6,9,11,13-15,19H,7-8H2,1-2H3;5H,4H2,1-3H3;4H,3H2,1-2H3;5-6H,3-4H2,1-2H3;3H,1-2H3;3H,1-2H3/b;;;;;;4-3+. The van der Waals surface area contributed by atoms with Gasteiger partial charge in [-0.05, 0) is 123 Å². The molecule has 2 amide bonds. The van der Waals surface area contributed by atoms with E-state index >= 15 is 0 Å². The molecule has 412 valence electrons. The Morgan fingerprint density at radius 1 is 0.857 bits per heavy atom. The number of imide groups is 1. The molecule has 8 unspecified atom stereocenters. The fourth-order valence-corrected chi connectivity index (χ4v) is 12.5. The summed E-state index contributed by atoms with van der Waals surface area (Å²) in [7, 11) is 9.02. The van der Waals surface area contributed by atoms with Gasteiger partial charge in [-0.1, -0.05) is 119 Å². The van der Waals surface area contributed by atoms with Crippen LogP contribution in [0.2, 0.25) is 0 Å². The van der Waals surface area contributed by atoms with E-state index in [1.165, 1.54) is 94.5 Å². The molecule has 0 spiro atoms. The van der Waals surface area contributed by atoms with Gasteiger partial charge < -0.3 is 9.74 Å². The number of para-hydroxylation sites is 1. The first-order chi connectivity index (χ1) is 36.8. The largest absolute Gasteiger partial charge is 0.399 e. The van der Waals surface area contributed by atoms with Crippen molar-refractivity contribution in [2.24, 2.45) is 70.8 Å². The van der Waals surface area contributed by atoms with Crippen LogP contribution in [0, 0.1) is 62.2 Å². The normalized spacial score (nSPS) is 23.8. The highest BCUT2D eigenvalue weighted by Crippen LogP contribution is 2.56. The zero-order valence-electron chi connectivity index (χ0n) is 48.5. The molecule has 0 radical (unpaired) electrons. The zero-order chi connectivity index (χ0) is 55.9. The van der Waals surface area contributed by atoms with Crippen LogP contribution in [0.5, 0.6) is 0 Å². The molecule has 8 atom stereocenters. The Morgan fingerprint density at radius 3 is 2.05 bits per heavy atom. The van der Waals surface area contributed by atoms with Crippen LogP contribution in [-0.4, -0.2) is 92.3 Å². The van der Waals surface area contributed by atoms with E-state index in [1.807, 2.05) is 38.8 Å². The summed E-state index contributed by atoms with van der Waals surface area (Å²) in [4.78, 5) is 34.0. The van der Waals surface area contributed by atoms with Crippen molar-refractivity contribution in [2.45, 2.75) is 113 Å². The van der Waals surface area contributed by atoms with E-state index in [-0.39, 0.29) is 17.7 Å². The Labute approximate surface area is 463 Å². The molecule has 2 aromatic heterocycles. The number of aryl methyl sites for hydroxylation is 6. The number of oxime groups is 1. The topological polar surface area (TPSA) is 147 Å². The predicted octanol–water partition coefficient (Wildman–Crippen LogP) is 12.0. The third kappa shape index (κ3) is 15.5. The van der Waals surface area contributed by atoms with E-state index in [0.29, 0.717) is 18.3 Å². The number of nitrogens with one attached hydrogen (secondary N) is 1. The number of aliphatic imine (C=N–C) groups is 1. The molecule has 7 heterocycles. The molecule has 2 saturated carbocycles. The number of anilines is 1. The number of hydrazone groups is 1. The average molecular weight is 1060 g/mol. The predicted molar refractivity (Wildman–Crippen MR) is 320 cm³/mol. The van der Waals surface area contributed by atoms with E-state index in [9.17, 15) is 9.59 Å². The molecule has 15 heteroatoms. The van der Waals surface area contributed by atoms with Gasteiger partial charge in [-0.25, -0.2) is 0 Å². The number of thioether (sulfide) groups is 1. The van der Waals surface area contributed by atoms with Gasteiger partial charge in [0, 0.05) is 106 Å². The minimum atomic E-state index is -0.0949. The fourth-order valence-electron chi connectivity index (χ4n) is 11.2. The van der Waals surface area contributed by atoms with Crippen molar-refractivity contribution in [3.63, 3.8) is 0 Å². The van der Waals surface area contributed by atoms with Crippen LogP contribution >= 0.6 is 11.8 Å². The van der Waals surface area contributed by atoms with E-state index in [0.717, 1.165) is 59.0 Å². The second kappa shape index (κ2) is 28.1. The Morgan fingerprint density at radius 2 is 1.56 bits per heavy atom. The van der Waals surface area contributed by atoms with Crippen LogP contribution in [0.25, 0.3) is 17.0 Å². The average Bonchev–Trinajstić information content (AvgIpc) is 4.32. The van der Waals surface area contributed by atoms with Gasteiger partial charge >= 0.3 is 0 Å². The second-order valence-corrected chi connectivity index (χ2v) is 23.0. The zero-order valence-corrected chi connectivity index (χ0v) is 49.3. The van der Waals surface area contributed by atoms with Gasteiger partial charge in [-0.2, -0.15) is 22.0 Å². The molecule has 4 fully saturated rings. The van der Waals surface area contributed by atoms with Crippen molar-refractivity contribution in [3.05, 3.63) is 136 Å². The number of hydrogen-bond acceptors (Lipinski definition) is 12. The van der Waals surface area contributed by atoms with Gasteiger partial charge in [0.1, 0.15) is 7.11 Å². The van der Waals surface area contributed by atoms with Gasteiger partial charge in [-0.3, -0.25) is 34.3 Å². The maximum absolute atomic E-state index is 10.8. The van der Waals surface area contributed by atoms with E-state index < -0.39 is 0 Å². The highest BCUT2D eigenvalue weighted by atomic mass is 32.2. The second-order valence-electron chi connectivity index (χ2n) is 21.5. The van der Waals surface area contributed by atoms with Crippen molar-refractivity contribution in [2.75, 3.05) is 31.9 Å². The maximum atomic E-state index is 10.8. The summed E-state index contributed by atoms with van der Waals surface area (Å²) in [6, 6.07) is 28.2. The number of rotatable bonds is 3. The van der Waals surface area contributed by atoms with Crippen LogP contribution < -0.4 is 10.3 Å². The summed E-state index contributed by atoms with van der Waals surface area (Å²) in [5.74, 6) is 5.57. The summed E-state index contributed by atoms with van der Waals surface area (Å²) < 4.78 is 3.60. The van der Waals surface area contributed by atoms with Crippen LogP contribution in [-0.2, 0) is 41.5 Å². The molecule has 12 rings (SSSR count). The SMILES string of the molecule is C/C=N/OC.CC1C=NC2=C1c1ccccc1CN(C)c1ccccc12.CC1CC(=O)N(C)C1=O.CC1CSC(C)C1.CCc1cc(C)nn1C.Cc1ccc(C2=C3C(C=NN2)C2CC(C)C3C2)cc1.Cc1cn(C)nn1. The lowest BCUT2D eigenvalue weighted by Crippen LogP contribution is -2.28. The number of amides is 2. The Hall–Kier alpha value is -6.61. The summed E-state index contributed by atoms with van der Waals surface area (Å²) in [6.45, 7) is 22.0. The molecule has 1 N–H and O–H groups in total. The van der Waals surface area contributed by atoms with Crippen LogP contribution in [0.1, 0.15) is 119 Å². The molecule has 5 aromatic rings. The summed E-state index contributed by atoms with van der Waals surface area (Å²) in [6.07, 6.45) is 13.3. The molecular formula is C62H85N11O3S. The molecule has 14 nitrogen and oxygen atoms in total. The molecule has 5 aliphatic heterocycles. The van der Waals surface area contributed by atoms with Crippen molar-refractivity contribution in [1.82, 2.24) is 35.1 Å². The lowest BCUT2D eigenvalue weighted by molar-refractivity contribution is -0.137. The Kier molecular flexibility index (Phi) is 21.8. The van der Waals surface area contributed by atoms with Crippen LogP contribution in [0.15, 0.2) is 106 Å². The fraction of sp³-hybridized carbons (Fsp3) is 0.484. The number of aromatic nitrogens is 5. The van der Waals surface area contributed by atoms with Gasteiger partial charge in [0.25, 0.3) is 0 Å². The third-order valence-corrected chi connectivity index (χ3v) is 16.6. The van der Waals surface area contributed by atoms with Crippen molar-refractivity contribution >= 4 is 64.9 Å². The van der Waals surface area contributed by atoms with Crippen LogP contribution in [0.4, 0.5) is 5.69 Å². The molecule has 2 saturated heterocycles. The molecule has 2 aliphatic carbocycles. The minimum absolute atomic E-state index is 0.0556. The number of fused-ring (bicyclic) bond motifs is 9. The number of hydrogen-bond donors (Lipinski definition) is 1. The minimum Gasteiger partial charge on any atom is -0.399 e. The first kappa shape index (κ1) is 59.6. The van der Waals surface area contributed by atoms with E-state index in [4.69, 9.17) is 4.99 Å². The van der Waals surface area contributed by atoms with Gasteiger partial charge in [-0.15, -0.1) is 10.3 Å². The Balaban J connectivity index is 0.000000156. The summed E-state index contributed by atoms with van der Waals surface area (Å²) in [5, 5.41) is 20.3. The van der Waals surface area contributed by atoms with Crippen molar-refractivity contribution in [3.8, 4) is 0 Å². The molecule has 7 aliphatic rings. The lowest BCUT2D eigenvalue weighted by Gasteiger charge is -2.31. The smallest absolute Gasteiger partial charge is 0.232 e. The number of likely N-dealkylation sites (tertiary alicyclic amines) is 1. The highest BCUT2D eigenvalue weighted by molar-refractivity contribution is 8.00. The lowest BCUT2D eigenvalue weighted by atomic mass is 9.77. The monoisotopic (exact) mass is 1060 g/mol. The molecule has 77 heavy (non-hydrogen) atoms. The Bertz CT molecular complexity index is 2890. The van der Waals surface area contributed by atoms with Crippen LogP contribution in [0.3, 0.4) is 0 Å². The van der Waals surface area contributed by atoms with E-state index in [1.54, 1.807) is 30.3 Å². The third-order valence-electron chi connectivity index (χ3n) is 15.0. The maximum Gasteiger partial charge on any atom is 0.232 e. The first-order valence-corrected chi connectivity index (χ1v) is 28.4. The molecular weight excluding hydrogens is 979 g/mol. The van der Waals surface area contributed by atoms with Crippen molar-refractivity contribution < 1.29 is 14.4 Å². The van der Waals surface area contributed by atoms with Gasteiger partial charge in [0.15, 0.2) is 0 Å². The highest BCUT2D eigenvalue weighted by Gasteiger charge is 2.49. The van der Waals surface area contributed by atoms with E-state index in [2.05, 4.69) is 192 Å². The number of nitrogens with zero attached hydrogens (tertiary/aromatic N) is 10.